The third kappa shape index (κ3) is 4.61. The van der Waals surface area contributed by atoms with E-state index in [-0.39, 0.29) is 35.8 Å². The molecule has 0 radical (unpaired) electrons. The standard InChI is InChI=1S/C26H25N5O5/c1-2-35-26(34)18-6-5-13-30(15-18)23(33)16-31-21-8-4-3-7-19(21)20(14-22(31)32)25-28-24(29-36-25)17-9-11-27-12-10-17/h3-4,7-12,14,18H,2,5-6,13,15-16H2,1H3/t18-/m0/s1. The number of benzene rings is 1. The van der Waals surface area contributed by atoms with Gasteiger partial charge in [0.25, 0.3) is 11.4 Å². The lowest BCUT2D eigenvalue weighted by molar-refractivity contribution is -0.151. The van der Waals surface area contributed by atoms with Crippen LogP contribution in [0.2, 0.25) is 0 Å². The molecule has 1 atom stereocenters. The number of esters is 1. The topological polar surface area (TPSA) is 120 Å². The van der Waals surface area contributed by atoms with Gasteiger partial charge in [-0.05, 0) is 38.0 Å². The average Bonchev–Trinajstić information content (AvgIpc) is 3.41. The van der Waals surface area contributed by atoms with Crippen LogP contribution in [0.15, 0.2) is 64.2 Å². The first-order valence-electron chi connectivity index (χ1n) is 11.9. The van der Waals surface area contributed by atoms with E-state index in [1.807, 2.05) is 12.1 Å². The van der Waals surface area contributed by atoms with Crippen molar-refractivity contribution in [2.75, 3.05) is 19.7 Å². The summed E-state index contributed by atoms with van der Waals surface area (Å²) >= 11 is 0. The molecule has 0 bridgehead atoms. The van der Waals surface area contributed by atoms with Crippen LogP contribution in [0.5, 0.6) is 0 Å². The third-order valence-electron chi connectivity index (χ3n) is 6.30. The van der Waals surface area contributed by atoms with Crippen LogP contribution in [-0.4, -0.2) is 56.2 Å². The highest BCUT2D eigenvalue weighted by Crippen LogP contribution is 2.28. The number of fused-ring (bicyclic) bond motifs is 1. The number of carbonyl (C=O) groups is 2. The Balaban J connectivity index is 1.44. The lowest BCUT2D eigenvalue weighted by atomic mass is 9.98. The van der Waals surface area contributed by atoms with E-state index in [0.717, 1.165) is 5.56 Å². The lowest BCUT2D eigenvalue weighted by Gasteiger charge is -2.31. The SMILES string of the molecule is CCOC(=O)[C@H]1CCCN(C(=O)Cn2c(=O)cc(-c3nc(-c4ccncc4)no3)c3ccccc32)C1. The van der Waals surface area contributed by atoms with Crippen molar-refractivity contribution >= 4 is 22.8 Å². The first-order chi connectivity index (χ1) is 17.5. The molecule has 184 valence electrons. The Hall–Kier alpha value is -4.34. The zero-order valence-corrected chi connectivity index (χ0v) is 19.8. The van der Waals surface area contributed by atoms with Crippen molar-refractivity contribution in [2.24, 2.45) is 5.92 Å². The van der Waals surface area contributed by atoms with Crippen molar-refractivity contribution in [1.82, 2.24) is 24.6 Å². The number of hydrogen-bond acceptors (Lipinski definition) is 8. The maximum absolute atomic E-state index is 13.2. The summed E-state index contributed by atoms with van der Waals surface area (Å²) in [7, 11) is 0. The van der Waals surface area contributed by atoms with Crippen molar-refractivity contribution in [3.63, 3.8) is 0 Å². The number of piperidine rings is 1. The molecule has 10 nitrogen and oxygen atoms in total. The van der Waals surface area contributed by atoms with Gasteiger partial charge in [0.2, 0.25) is 11.7 Å². The molecule has 1 aromatic carbocycles. The minimum absolute atomic E-state index is 0.138. The Morgan fingerprint density at radius 2 is 1.97 bits per heavy atom. The number of pyridine rings is 2. The maximum Gasteiger partial charge on any atom is 0.310 e. The molecule has 0 unspecified atom stereocenters. The van der Waals surface area contributed by atoms with Crippen LogP contribution in [-0.2, 0) is 20.9 Å². The second-order valence-corrected chi connectivity index (χ2v) is 8.59. The molecule has 3 aromatic heterocycles. The van der Waals surface area contributed by atoms with Crippen LogP contribution in [0.25, 0.3) is 33.7 Å². The van der Waals surface area contributed by atoms with Crippen molar-refractivity contribution < 1.29 is 18.8 Å². The summed E-state index contributed by atoms with van der Waals surface area (Å²) in [6.45, 7) is 2.77. The number of carbonyl (C=O) groups excluding carboxylic acids is 2. The van der Waals surface area contributed by atoms with E-state index in [4.69, 9.17) is 9.26 Å². The van der Waals surface area contributed by atoms with Crippen molar-refractivity contribution in [3.05, 3.63) is 65.2 Å². The fraction of sp³-hybridized carbons (Fsp3) is 0.308. The normalized spacial score (nSPS) is 15.7. The Bertz CT molecular complexity index is 1460. The van der Waals surface area contributed by atoms with E-state index in [1.165, 1.54) is 10.6 Å². The van der Waals surface area contributed by atoms with E-state index in [1.54, 1.807) is 48.5 Å². The highest BCUT2D eigenvalue weighted by Gasteiger charge is 2.30. The van der Waals surface area contributed by atoms with Gasteiger partial charge in [-0.3, -0.25) is 23.9 Å². The zero-order chi connectivity index (χ0) is 25.1. The summed E-state index contributed by atoms with van der Waals surface area (Å²) in [4.78, 5) is 48.7. The van der Waals surface area contributed by atoms with Crippen LogP contribution < -0.4 is 5.56 Å². The monoisotopic (exact) mass is 487 g/mol. The van der Waals surface area contributed by atoms with Gasteiger partial charge >= 0.3 is 5.97 Å². The summed E-state index contributed by atoms with van der Waals surface area (Å²) < 4.78 is 12.1. The highest BCUT2D eigenvalue weighted by atomic mass is 16.5. The van der Waals surface area contributed by atoms with Gasteiger partial charge in [0.15, 0.2) is 0 Å². The molecular weight excluding hydrogens is 462 g/mol. The smallest absolute Gasteiger partial charge is 0.310 e. The van der Waals surface area contributed by atoms with Crippen LogP contribution in [0.3, 0.4) is 0 Å². The second kappa shape index (κ2) is 10.1. The summed E-state index contributed by atoms with van der Waals surface area (Å²) in [5.74, 6) is -0.251. The van der Waals surface area contributed by atoms with Crippen molar-refractivity contribution in [2.45, 2.75) is 26.3 Å². The largest absolute Gasteiger partial charge is 0.466 e. The van der Waals surface area contributed by atoms with E-state index in [0.29, 0.717) is 54.8 Å². The van der Waals surface area contributed by atoms with Gasteiger partial charge in [-0.2, -0.15) is 4.98 Å². The average molecular weight is 488 g/mol. The fourth-order valence-electron chi connectivity index (χ4n) is 4.52. The van der Waals surface area contributed by atoms with Gasteiger partial charge in [-0.1, -0.05) is 23.4 Å². The summed E-state index contributed by atoms with van der Waals surface area (Å²) in [5, 5.41) is 4.75. The molecule has 1 aliphatic rings. The minimum Gasteiger partial charge on any atom is -0.466 e. The van der Waals surface area contributed by atoms with Crippen molar-refractivity contribution in [3.8, 4) is 22.8 Å². The number of rotatable bonds is 6. The number of nitrogens with zero attached hydrogens (tertiary/aromatic N) is 5. The van der Waals surface area contributed by atoms with Gasteiger partial charge in [0, 0.05) is 42.5 Å². The van der Waals surface area contributed by atoms with Crippen LogP contribution in [0.4, 0.5) is 0 Å². The summed E-state index contributed by atoms with van der Waals surface area (Å²) in [5.41, 5.74) is 1.45. The predicted molar refractivity (Wildman–Crippen MR) is 131 cm³/mol. The van der Waals surface area contributed by atoms with Crippen LogP contribution >= 0.6 is 0 Å². The molecule has 0 spiro atoms. The van der Waals surface area contributed by atoms with Gasteiger partial charge in [0.05, 0.1) is 23.6 Å². The molecule has 4 aromatic rings. The molecule has 1 aliphatic heterocycles. The molecule has 0 saturated carbocycles. The molecule has 5 rings (SSSR count). The minimum atomic E-state index is -0.361. The number of aromatic nitrogens is 4. The first kappa shape index (κ1) is 23.4. The fourth-order valence-corrected chi connectivity index (χ4v) is 4.52. The van der Waals surface area contributed by atoms with E-state index < -0.39 is 0 Å². The molecule has 0 aliphatic carbocycles. The van der Waals surface area contributed by atoms with Gasteiger partial charge < -0.3 is 14.2 Å². The Morgan fingerprint density at radius 1 is 1.17 bits per heavy atom. The number of likely N-dealkylation sites (tertiary alicyclic amines) is 1. The Kier molecular flexibility index (Phi) is 6.57. The molecule has 1 amide bonds. The lowest BCUT2D eigenvalue weighted by Crippen LogP contribution is -2.45. The molecule has 4 heterocycles. The number of amides is 1. The molecule has 1 saturated heterocycles. The van der Waals surface area contributed by atoms with Gasteiger partial charge in [-0.25, -0.2) is 0 Å². The highest BCUT2D eigenvalue weighted by molar-refractivity contribution is 5.93. The molecule has 10 heteroatoms. The molecule has 1 fully saturated rings. The Labute approximate surface area is 206 Å². The van der Waals surface area contributed by atoms with Crippen molar-refractivity contribution in [1.29, 1.82) is 0 Å². The molecular formula is C26H25N5O5. The van der Waals surface area contributed by atoms with Gasteiger partial charge in [-0.15, -0.1) is 0 Å². The van der Waals surface area contributed by atoms with E-state index >= 15 is 0 Å². The first-order valence-corrected chi connectivity index (χ1v) is 11.9. The molecule has 0 N–H and O–H groups in total. The summed E-state index contributed by atoms with van der Waals surface area (Å²) in [6.07, 6.45) is 4.67. The van der Waals surface area contributed by atoms with E-state index in [2.05, 4.69) is 15.1 Å². The third-order valence-corrected chi connectivity index (χ3v) is 6.30. The predicted octanol–water partition coefficient (Wildman–Crippen LogP) is 2.92. The van der Waals surface area contributed by atoms with Gasteiger partial charge in [0.1, 0.15) is 6.54 Å². The quantitative estimate of drug-likeness (QED) is 0.381. The van der Waals surface area contributed by atoms with E-state index in [9.17, 15) is 14.4 Å². The van der Waals surface area contributed by atoms with Crippen LogP contribution in [0, 0.1) is 5.92 Å². The van der Waals surface area contributed by atoms with Crippen LogP contribution in [0.1, 0.15) is 19.8 Å². The maximum atomic E-state index is 13.2. The summed E-state index contributed by atoms with van der Waals surface area (Å²) in [6, 6.07) is 12.2. The number of para-hydroxylation sites is 1. The number of hydrogen-bond donors (Lipinski definition) is 0. The molecule has 36 heavy (non-hydrogen) atoms. The number of ether oxygens (including phenoxy) is 1. The second-order valence-electron chi connectivity index (χ2n) is 8.59. The zero-order valence-electron chi connectivity index (χ0n) is 19.8. The Morgan fingerprint density at radius 3 is 2.78 bits per heavy atom.